The highest BCUT2D eigenvalue weighted by Crippen LogP contribution is 2.32. The van der Waals surface area contributed by atoms with Gasteiger partial charge in [-0.25, -0.2) is 4.98 Å². The Balaban J connectivity index is 2.07. The van der Waals surface area contributed by atoms with Gasteiger partial charge in [-0.15, -0.1) is 23.1 Å². The summed E-state index contributed by atoms with van der Waals surface area (Å²) in [6, 6.07) is 5.42. The van der Waals surface area contributed by atoms with E-state index >= 15 is 0 Å². The van der Waals surface area contributed by atoms with Crippen molar-refractivity contribution in [1.82, 2.24) is 4.98 Å². The van der Waals surface area contributed by atoms with Crippen molar-refractivity contribution in [3.05, 3.63) is 39.3 Å². The topological polar surface area (TPSA) is 38.9 Å². The number of nitrogens with two attached hydrogens (primary N) is 1. The standard InChI is InChI=1S/C10H8Cl2N2S2/c11-6-1-2-8(12)9(3-6)15-4-7-5-16-10(13)14-7/h1-3,5H,4H2,(H2,13,14). The summed E-state index contributed by atoms with van der Waals surface area (Å²) in [5, 5.41) is 3.93. The fourth-order valence-electron chi connectivity index (χ4n) is 1.13. The molecule has 2 rings (SSSR count). The first-order chi connectivity index (χ1) is 7.65. The van der Waals surface area contributed by atoms with Gasteiger partial charge in [0.05, 0.1) is 10.7 Å². The molecule has 1 heterocycles. The van der Waals surface area contributed by atoms with Crippen LogP contribution in [-0.4, -0.2) is 4.98 Å². The zero-order valence-electron chi connectivity index (χ0n) is 8.11. The smallest absolute Gasteiger partial charge is 0.180 e. The summed E-state index contributed by atoms with van der Waals surface area (Å²) in [7, 11) is 0. The Kier molecular flexibility index (Phi) is 3.97. The van der Waals surface area contributed by atoms with Crippen LogP contribution in [0.5, 0.6) is 0 Å². The van der Waals surface area contributed by atoms with E-state index in [1.54, 1.807) is 23.9 Å². The van der Waals surface area contributed by atoms with Crippen LogP contribution in [0.15, 0.2) is 28.5 Å². The first kappa shape index (κ1) is 12.0. The fourth-order valence-corrected chi connectivity index (χ4v) is 3.18. The van der Waals surface area contributed by atoms with Crippen molar-refractivity contribution in [3.8, 4) is 0 Å². The van der Waals surface area contributed by atoms with Crippen LogP contribution in [0.25, 0.3) is 0 Å². The molecule has 0 fully saturated rings. The molecule has 0 saturated heterocycles. The van der Waals surface area contributed by atoms with E-state index in [0.29, 0.717) is 15.2 Å². The molecule has 0 unspecified atom stereocenters. The largest absolute Gasteiger partial charge is 0.375 e. The molecule has 0 radical (unpaired) electrons. The molecule has 2 N–H and O–H groups in total. The minimum atomic E-state index is 0.591. The molecule has 0 atom stereocenters. The first-order valence-electron chi connectivity index (χ1n) is 4.43. The molecule has 0 aliphatic carbocycles. The van der Waals surface area contributed by atoms with E-state index in [1.807, 2.05) is 11.4 Å². The van der Waals surface area contributed by atoms with Crippen molar-refractivity contribution >= 4 is 51.4 Å². The lowest BCUT2D eigenvalue weighted by molar-refractivity contribution is 1.24. The summed E-state index contributed by atoms with van der Waals surface area (Å²) in [6.07, 6.45) is 0. The van der Waals surface area contributed by atoms with Gasteiger partial charge < -0.3 is 5.73 Å². The number of aromatic nitrogens is 1. The summed E-state index contributed by atoms with van der Waals surface area (Å²) >= 11 is 15.0. The van der Waals surface area contributed by atoms with Gasteiger partial charge in [-0.2, -0.15) is 0 Å². The molecule has 0 aliphatic rings. The highest BCUT2D eigenvalue weighted by Gasteiger charge is 2.04. The molecular formula is C10H8Cl2N2S2. The average Bonchev–Trinajstić information content (AvgIpc) is 2.66. The van der Waals surface area contributed by atoms with Crippen LogP contribution in [0.1, 0.15) is 5.69 Å². The Hall–Kier alpha value is -0.420. The lowest BCUT2D eigenvalue weighted by Crippen LogP contribution is -1.85. The van der Waals surface area contributed by atoms with Crippen molar-refractivity contribution in [2.45, 2.75) is 10.6 Å². The van der Waals surface area contributed by atoms with Crippen LogP contribution in [0.3, 0.4) is 0 Å². The predicted octanol–water partition coefficient (Wildman–Crippen LogP) is 4.32. The normalized spacial score (nSPS) is 10.6. The molecule has 2 aromatic rings. The Morgan fingerprint density at radius 2 is 2.19 bits per heavy atom. The van der Waals surface area contributed by atoms with Gasteiger partial charge in [0.2, 0.25) is 0 Å². The molecule has 1 aromatic carbocycles. The maximum atomic E-state index is 6.05. The third kappa shape index (κ3) is 3.04. The maximum absolute atomic E-state index is 6.05. The number of thioether (sulfide) groups is 1. The van der Waals surface area contributed by atoms with Crippen LogP contribution in [-0.2, 0) is 5.75 Å². The summed E-state index contributed by atoms with van der Waals surface area (Å²) in [6.45, 7) is 0. The number of rotatable bonds is 3. The second kappa shape index (κ2) is 5.27. The number of hydrogen-bond acceptors (Lipinski definition) is 4. The van der Waals surface area contributed by atoms with E-state index in [1.165, 1.54) is 11.3 Å². The fraction of sp³-hybridized carbons (Fsp3) is 0.100. The van der Waals surface area contributed by atoms with E-state index in [4.69, 9.17) is 28.9 Å². The van der Waals surface area contributed by atoms with E-state index in [0.717, 1.165) is 16.3 Å². The summed E-state index contributed by atoms with van der Waals surface area (Å²) in [5.41, 5.74) is 6.51. The van der Waals surface area contributed by atoms with Crippen molar-refractivity contribution in [3.63, 3.8) is 0 Å². The SMILES string of the molecule is Nc1nc(CSc2cc(Cl)ccc2Cl)cs1. The lowest BCUT2D eigenvalue weighted by atomic mass is 10.4. The van der Waals surface area contributed by atoms with Gasteiger partial charge in [0.1, 0.15) is 0 Å². The Morgan fingerprint density at radius 1 is 1.38 bits per heavy atom. The van der Waals surface area contributed by atoms with E-state index in [2.05, 4.69) is 4.98 Å². The number of halogens is 2. The summed E-state index contributed by atoms with van der Waals surface area (Å²) in [4.78, 5) is 5.14. The van der Waals surface area contributed by atoms with Gasteiger partial charge in [0.25, 0.3) is 0 Å². The maximum Gasteiger partial charge on any atom is 0.180 e. The van der Waals surface area contributed by atoms with Crippen molar-refractivity contribution < 1.29 is 0 Å². The zero-order valence-corrected chi connectivity index (χ0v) is 11.3. The Bertz CT molecular complexity index is 499. The number of nitrogens with zero attached hydrogens (tertiary/aromatic N) is 1. The van der Waals surface area contributed by atoms with Crippen LogP contribution in [0.2, 0.25) is 10.0 Å². The number of anilines is 1. The molecule has 0 aliphatic heterocycles. The monoisotopic (exact) mass is 290 g/mol. The number of thiazole rings is 1. The third-order valence-corrected chi connectivity index (χ3v) is 4.33. The molecule has 0 amide bonds. The summed E-state index contributed by atoms with van der Waals surface area (Å²) in [5.74, 6) is 0.744. The minimum absolute atomic E-state index is 0.591. The summed E-state index contributed by atoms with van der Waals surface area (Å²) < 4.78 is 0. The molecule has 1 aromatic heterocycles. The average molecular weight is 291 g/mol. The van der Waals surface area contributed by atoms with Gasteiger partial charge in [-0.3, -0.25) is 0 Å². The van der Waals surface area contributed by atoms with Crippen molar-refractivity contribution in [2.24, 2.45) is 0 Å². The number of benzene rings is 1. The molecule has 0 spiro atoms. The zero-order chi connectivity index (χ0) is 11.5. The van der Waals surface area contributed by atoms with E-state index in [-0.39, 0.29) is 0 Å². The third-order valence-electron chi connectivity index (χ3n) is 1.84. The van der Waals surface area contributed by atoms with Crippen molar-refractivity contribution in [1.29, 1.82) is 0 Å². The Labute approximate surface area is 112 Å². The first-order valence-corrected chi connectivity index (χ1v) is 7.05. The second-order valence-electron chi connectivity index (χ2n) is 3.04. The van der Waals surface area contributed by atoms with E-state index < -0.39 is 0 Å². The molecule has 0 saturated carbocycles. The van der Waals surface area contributed by atoms with Crippen LogP contribution in [0, 0.1) is 0 Å². The molecule has 84 valence electrons. The van der Waals surface area contributed by atoms with E-state index in [9.17, 15) is 0 Å². The van der Waals surface area contributed by atoms with Gasteiger partial charge in [-0.1, -0.05) is 23.2 Å². The molecular weight excluding hydrogens is 283 g/mol. The molecule has 6 heteroatoms. The quantitative estimate of drug-likeness (QED) is 0.856. The van der Waals surface area contributed by atoms with Crippen LogP contribution in [0.4, 0.5) is 5.13 Å². The highest BCUT2D eigenvalue weighted by atomic mass is 35.5. The lowest BCUT2D eigenvalue weighted by Gasteiger charge is -2.02. The van der Waals surface area contributed by atoms with Crippen LogP contribution >= 0.6 is 46.3 Å². The van der Waals surface area contributed by atoms with Gasteiger partial charge in [0.15, 0.2) is 5.13 Å². The second-order valence-corrected chi connectivity index (χ2v) is 5.79. The minimum Gasteiger partial charge on any atom is -0.375 e. The molecule has 2 nitrogen and oxygen atoms in total. The molecule has 16 heavy (non-hydrogen) atoms. The predicted molar refractivity (Wildman–Crippen MR) is 72.5 cm³/mol. The number of hydrogen-bond donors (Lipinski definition) is 1. The van der Waals surface area contributed by atoms with Gasteiger partial charge in [0, 0.05) is 21.1 Å². The highest BCUT2D eigenvalue weighted by molar-refractivity contribution is 7.98. The van der Waals surface area contributed by atoms with Crippen LogP contribution < -0.4 is 5.73 Å². The van der Waals surface area contributed by atoms with Crippen molar-refractivity contribution in [2.75, 3.05) is 5.73 Å². The Morgan fingerprint density at radius 3 is 2.88 bits per heavy atom. The number of nitrogen functional groups attached to an aromatic ring is 1. The van der Waals surface area contributed by atoms with Gasteiger partial charge >= 0.3 is 0 Å². The van der Waals surface area contributed by atoms with Gasteiger partial charge in [-0.05, 0) is 18.2 Å². The molecule has 0 bridgehead atoms.